The largest absolute Gasteiger partial charge is 0.392 e. The number of hydrogen-bond acceptors (Lipinski definition) is 4. The van der Waals surface area contributed by atoms with Crippen LogP contribution in [0.1, 0.15) is 24.8 Å². The topological polar surface area (TPSA) is 49.3 Å². The Kier molecular flexibility index (Phi) is 4.13. The maximum Gasteiger partial charge on any atom is 0.147 e. The zero-order valence-electron chi connectivity index (χ0n) is 13.7. The molecule has 4 heteroatoms. The van der Waals surface area contributed by atoms with Crippen LogP contribution in [0, 0.1) is 0 Å². The molecule has 0 atom stereocenters. The Bertz CT molecular complexity index is 856. The minimum atomic E-state index is 0.0559. The summed E-state index contributed by atoms with van der Waals surface area (Å²) in [7, 11) is 0. The molecule has 3 aromatic rings. The summed E-state index contributed by atoms with van der Waals surface area (Å²) in [6, 6.07) is 14.1. The summed E-state index contributed by atoms with van der Waals surface area (Å²) in [5.74, 6) is 0.975. The fraction of sp³-hybridized carbons (Fsp3) is 0.300. The summed E-state index contributed by atoms with van der Waals surface area (Å²) >= 11 is 0. The summed E-state index contributed by atoms with van der Waals surface area (Å²) in [6.45, 7) is 2.19. The maximum atomic E-state index is 9.33. The second-order valence-corrected chi connectivity index (χ2v) is 6.34. The Labute approximate surface area is 141 Å². The second kappa shape index (κ2) is 6.57. The fourth-order valence-electron chi connectivity index (χ4n) is 3.31. The van der Waals surface area contributed by atoms with Crippen molar-refractivity contribution >= 4 is 16.9 Å². The zero-order valence-corrected chi connectivity index (χ0v) is 13.7. The quantitative estimate of drug-likeness (QED) is 0.798. The molecule has 4 nitrogen and oxygen atoms in total. The number of aliphatic hydroxyl groups is 1. The third-order valence-corrected chi connectivity index (χ3v) is 4.65. The highest BCUT2D eigenvalue weighted by atomic mass is 16.3. The number of benzene rings is 2. The van der Waals surface area contributed by atoms with E-state index < -0.39 is 0 Å². The minimum absolute atomic E-state index is 0.0559. The predicted octanol–water partition coefficient (Wildman–Crippen LogP) is 3.78. The van der Waals surface area contributed by atoms with Crippen LogP contribution >= 0.6 is 0 Å². The maximum absolute atomic E-state index is 9.33. The van der Waals surface area contributed by atoms with Gasteiger partial charge in [0.2, 0.25) is 0 Å². The highest BCUT2D eigenvalue weighted by Gasteiger charge is 2.13. The Morgan fingerprint density at radius 3 is 2.58 bits per heavy atom. The highest BCUT2D eigenvalue weighted by Crippen LogP contribution is 2.25. The number of hydrogen-bond donors (Lipinski definition) is 1. The van der Waals surface area contributed by atoms with Gasteiger partial charge in [0.05, 0.1) is 23.8 Å². The molecule has 4 rings (SSSR count). The van der Waals surface area contributed by atoms with Gasteiger partial charge in [-0.15, -0.1) is 0 Å². The van der Waals surface area contributed by atoms with Crippen molar-refractivity contribution in [1.82, 2.24) is 9.97 Å². The van der Waals surface area contributed by atoms with Crippen molar-refractivity contribution in [2.45, 2.75) is 25.9 Å². The van der Waals surface area contributed by atoms with E-state index in [0.717, 1.165) is 46.6 Å². The first-order valence-corrected chi connectivity index (χ1v) is 8.55. The van der Waals surface area contributed by atoms with E-state index in [-0.39, 0.29) is 6.61 Å². The van der Waals surface area contributed by atoms with E-state index in [1.165, 1.54) is 19.3 Å². The van der Waals surface area contributed by atoms with Gasteiger partial charge in [-0.25, -0.2) is 4.98 Å². The van der Waals surface area contributed by atoms with Gasteiger partial charge in [-0.05, 0) is 54.2 Å². The average Bonchev–Trinajstić information content (AvgIpc) is 2.68. The number of rotatable bonds is 3. The number of aromatic nitrogens is 2. The monoisotopic (exact) mass is 319 g/mol. The fourth-order valence-corrected chi connectivity index (χ4v) is 3.31. The van der Waals surface area contributed by atoms with Crippen LogP contribution in [-0.2, 0) is 6.61 Å². The van der Waals surface area contributed by atoms with Crippen LogP contribution in [-0.4, -0.2) is 28.2 Å². The van der Waals surface area contributed by atoms with Gasteiger partial charge in [0, 0.05) is 13.1 Å². The normalized spacial score (nSPS) is 15.0. The lowest BCUT2D eigenvalue weighted by molar-refractivity contribution is 0.282. The van der Waals surface area contributed by atoms with Crippen molar-refractivity contribution in [1.29, 1.82) is 0 Å². The minimum Gasteiger partial charge on any atom is -0.392 e. The molecular formula is C20H21N3O. The first kappa shape index (κ1) is 15.1. The standard InChI is InChI=1S/C20H21N3O/c24-14-15-5-4-6-16(11-15)17-7-8-18-19(12-17)22-20(13-21-18)23-9-2-1-3-10-23/h4-8,11-13,24H,1-3,9-10,14H2. The van der Waals surface area contributed by atoms with Crippen LogP contribution < -0.4 is 4.90 Å². The first-order valence-electron chi connectivity index (χ1n) is 8.55. The van der Waals surface area contributed by atoms with E-state index in [1.54, 1.807) is 0 Å². The van der Waals surface area contributed by atoms with E-state index in [0.29, 0.717) is 0 Å². The van der Waals surface area contributed by atoms with E-state index >= 15 is 0 Å². The van der Waals surface area contributed by atoms with E-state index in [9.17, 15) is 5.11 Å². The first-order chi connectivity index (χ1) is 11.8. The summed E-state index contributed by atoms with van der Waals surface area (Å²) in [5, 5.41) is 9.33. The molecule has 0 spiro atoms. The SMILES string of the molecule is OCc1cccc(-c2ccc3ncc(N4CCCCC4)nc3c2)c1. The van der Waals surface area contributed by atoms with Gasteiger partial charge in [0.1, 0.15) is 5.82 Å². The molecule has 1 aliphatic heterocycles. The molecular weight excluding hydrogens is 298 g/mol. The van der Waals surface area contributed by atoms with E-state index in [1.807, 2.05) is 30.5 Å². The third-order valence-electron chi connectivity index (χ3n) is 4.65. The smallest absolute Gasteiger partial charge is 0.147 e. The number of aliphatic hydroxyl groups excluding tert-OH is 1. The van der Waals surface area contributed by atoms with Crippen LogP contribution in [0.4, 0.5) is 5.82 Å². The molecule has 2 heterocycles. The van der Waals surface area contributed by atoms with Crippen LogP contribution in [0.5, 0.6) is 0 Å². The molecule has 0 radical (unpaired) electrons. The molecule has 1 saturated heterocycles. The van der Waals surface area contributed by atoms with E-state index in [4.69, 9.17) is 4.98 Å². The predicted molar refractivity (Wildman–Crippen MR) is 97.0 cm³/mol. The number of nitrogens with zero attached hydrogens (tertiary/aromatic N) is 3. The number of anilines is 1. The Morgan fingerprint density at radius 2 is 1.75 bits per heavy atom. The van der Waals surface area contributed by atoms with Crippen LogP contribution in [0.2, 0.25) is 0 Å². The molecule has 1 fully saturated rings. The zero-order chi connectivity index (χ0) is 16.4. The van der Waals surface area contributed by atoms with Gasteiger partial charge in [-0.2, -0.15) is 0 Å². The highest BCUT2D eigenvalue weighted by molar-refractivity contribution is 5.82. The van der Waals surface area contributed by atoms with E-state index in [2.05, 4.69) is 28.1 Å². The van der Waals surface area contributed by atoms with Crippen LogP contribution in [0.25, 0.3) is 22.2 Å². The molecule has 24 heavy (non-hydrogen) atoms. The summed E-state index contributed by atoms with van der Waals surface area (Å²) in [4.78, 5) is 11.8. The van der Waals surface area contributed by atoms with Gasteiger partial charge in [-0.1, -0.05) is 24.3 Å². The van der Waals surface area contributed by atoms with Gasteiger partial charge in [0.15, 0.2) is 0 Å². The lowest BCUT2D eigenvalue weighted by atomic mass is 10.0. The molecule has 0 saturated carbocycles. The van der Waals surface area contributed by atoms with Crippen molar-refractivity contribution in [3.05, 3.63) is 54.2 Å². The summed E-state index contributed by atoms with van der Waals surface area (Å²) < 4.78 is 0. The molecule has 0 unspecified atom stereocenters. The lowest BCUT2D eigenvalue weighted by Gasteiger charge is -2.27. The van der Waals surface area contributed by atoms with Gasteiger partial charge in [0.25, 0.3) is 0 Å². The van der Waals surface area contributed by atoms with Crippen molar-refractivity contribution in [2.75, 3.05) is 18.0 Å². The molecule has 0 amide bonds. The van der Waals surface area contributed by atoms with Crippen LogP contribution in [0.15, 0.2) is 48.7 Å². The lowest BCUT2D eigenvalue weighted by Crippen LogP contribution is -2.30. The van der Waals surface area contributed by atoms with Gasteiger partial charge >= 0.3 is 0 Å². The van der Waals surface area contributed by atoms with Gasteiger partial charge < -0.3 is 10.0 Å². The molecule has 1 aliphatic rings. The Morgan fingerprint density at radius 1 is 0.917 bits per heavy atom. The summed E-state index contributed by atoms with van der Waals surface area (Å²) in [6.07, 6.45) is 5.66. The molecule has 1 N–H and O–H groups in total. The molecule has 122 valence electrons. The number of fused-ring (bicyclic) bond motifs is 1. The molecule has 0 aliphatic carbocycles. The van der Waals surface area contributed by atoms with Crippen molar-refractivity contribution < 1.29 is 5.11 Å². The average molecular weight is 319 g/mol. The second-order valence-electron chi connectivity index (χ2n) is 6.34. The van der Waals surface area contributed by atoms with Gasteiger partial charge in [-0.3, -0.25) is 4.98 Å². The third kappa shape index (κ3) is 2.97. The molecule has 2 aromatic carbocycles. The molecule has 0 bridgehead atoms. The Balaban J connectivity index is 1.72. The molecule has 1 aromatic heterocycles. The van der Waals surface area contributed by atoms with Crippen LogP contribution in [0.3, 0.4) is 0 Å². The van der Waals surface area contributed by atoms with Crippen molar-refractivity contribution in [3.63, 3.8) is 0 Å². The van der Waals surface area contributed by atoms with Crippen molar-refractivity contribution in [2.24, 2.45) is 0 Å². The van der Waals surface area contributed by atoms with Crippen molar-refractivity contribution in [3.8, 4) is 11.1 Å². The summed E-state index contributed by atoms with van der Waals surface area (Å²) in [5.41, 5.74) is 4.94. The number of piperidine rings is 1. The Hall–Kier alpha value is -2.46.